The van der Waals surface area contributed by atoms with E-state index in [-0.39, 0.29) is 24.3 Å². The van der Waals surface area contributed by atoms with Crippen LogP contribution < -0.4 is 0 Å². The molecule has 4 atom stereocenters. The van der Waals surface area contributed by atoms with E-state index in [0.29, 0.717) is 6.04 Å². The topological polar surface area (TPSA) is 38.8 Å². The summed E-state index contributed by atoms with van der Waals surface area (Å²) in [5.41, 5.74) is 1.27. The number of benzene rings is 2. The predicted octanol–water partition coefficient (Wildman–Crippen LogP) is 4.87. The van der Waals surface area contributed by atoms with Crippen molar-refractivity contribution in [3.63, 3.8) is 0 Å². The van der Waals surface area contributed by atoms with Gasteiger partial charge in [-0.05, 0) is 42.5 Å². The Morgan fingerprint density at radius 1 is 1.07 bits per heavy atom. The van der Waals surface area contributed by atoms with Gasteiger partial charge in [-0.25, -0.2) is 0 Å². The van der Waals surface area contributed by atoms with Gasteiger partial charge in [0.15, 0.2) is 0 Å². The van der Waals surface area contributed by atoms with Crippen molar-refractivity contribution in [2.45, 2.75) is 70.3 Å². The van der Waals surface area contributed by atoms with E-state index in [9.17, 15) is 4.79 Å². The molecular formula is C24H31NO3. The normalized spacial score (nSPS) is 27.0. The number of hydrogen-bond donors (Lipinski definition) is 0. The van der Waals surface area contributed by atoms with Gasteiger partial charge in [-0.3, -0.25) is 9.69 Å². The zero-order valence-corrected chi connectivity index (χ0v) is 17.0. The van der Waals surface area contributed by atoms with E-state index < -0.39 is 0 Å². The van der Waals surface area contributed by atoms with Crippen molar-refractivity contribution in [1.82, 2.24) is 4.90 Å². The van der Waals surface area contributed by atoms with Crippen LogP contribution in [0.5, 0.6) is 0 Å². The van der Waals surface area contributed by atoms with Gasteiger partial charge in [-0.2, -0.15) is 0 Å². The fraction of sp³-hybridized carbons (Fsp3) is 0.542. The third-order valence-corrected chi connectivity index (χ3v) is 6.29. The van der Waals surface area contributed by atoms with Crippen LogP contribution in [0.4, 0.5) is 0 Å². The van der Waals surface area contributed by atoms with Crippen LogP contribution in [0.15, 0.2) is 42.5 Å². The van der Waals surface area contributed by atoms with Crippen molar-refractivity contribution in [1.29, 1.82) is 0 Å². The first-order valence-corrected chi connectivity index (χ1v) is 10.7. The molecule has 2 aliphatic rings. The number of nitrogens with zero attached hydrogens (tertiary/aromatic N) is 1. The van der Waals surface area contributed by atoms with E-state index >= 15 is 0 Å². The fourth-order valence-corrected chi connectivity index (χ4v) is 4.98. The van der Waals surface area contributed by atoms with Crippen molar-refractivity contribution >= 4 is 16.7 Å². The minimum absolute atomic E-state index is 0.0376. The van der Waals surface area contributed by atoms with Gasteiger partial charge < -0.3 is 9.47 Å². The number of carbonyl (C=O) groups is 1. The maximum Gasteiger partial charge on any atom is 0.302 e. The smallest absolute Gasteiger partial charge is 0.302 e. The third-order valence-electron chi connectivity index (χ3n) is 6.29. The molecule has 4 unspecified atom stereocenters. The summed E-state index contributed by atoms with van der Waals surface area (Å²) in [6, 6.07) is 15.4. The molecule has 0 bridgehead atoms. The molecule has 0 amide bonds. The molecule has 2 aromatic carbocycles. The van der Waals surface area contributed by atoms with Gasteiger partial charge in [-0.15, -0.1) is 0 Å². The zero-order valence-electron chi connectivity index (χ0n) is 17.0. The summed E-state index contributed by atoms with van der Waals surface area (Å²) in [6.07, 6.45) is 6.01. The Bertz CT molecular complexity index is 815. The van der Waals surface area contributed by atoms with Crippen LogP contribution in [0.2, 0.25) is 0 Å². The molecule has 150 valence electrons. The molecular weight excluding hydrogens is 350 g/mol. The predicted molar refractivity (Wildman–Crippen MR) is 111 cm³/mol. The van der Waals surface area contributed by atoms with Crippen LogP contribution in [0.3, 0.4) is 0 Å². The molecule has 2 fully saturated rings. The maximum absolute atomic E-state index is 11.3. The summed E-state index contributed by atoms with van der Waals surface area (Å²) in [5, 5.41) is 2.54. The average Bonchev–Trinajstić information content (AvgIpc) is 3.15. The highest BCUT2D eigenvalue weighted by molar-refractivity contribution is 5.85. The van der Waals surface area contributed by atoms with Crippen molar-refractivity contribution in [2.75, 3.05) is 13.1 Å². The highest BCUT2D eigenvalue weighted by Crippen LogP contribution is 2.34. The fourth-order valence-electron chi connectivity index (χ4n) is 4.98. The first kappa shape index (κ1) is 19.4. The first-order valence-electron chi connectivity index (χ1n) is 10.7. The van der Waals surface area contributed by atoms with Crippen molar-refractivity contribution in [3.05, 3.63) is 48.0 Å². The molecule has 4 rings (SSSR count). The van der Waals surface area contributed by atoms with Gasteiger partial charge in [0, 0.05) is 26.1 Å². The monoisotopic (exact) mass is 381 g/mol. The van der Waals surface area contributed by atoms with Gasteiger partial charge in [0.2, 0.25) is 0 Å². The molecule has 0 radical (unpaired) electrons. The number of rotatable bonds is 5. The van der Waals surface area contributed by atoms with Gasteiger partial charge in [0.1, 0.15) is 6.10 Å². The summed E-state index contributed by atoms with van der Waals surface area (Å²) in [4.78, 5) is 13.8. The molecule has 0 aromatic heterocycles. The quantitative estimate of drug-likeness (QED) is 0.693. The molecule has 4 heteroatoms. The lowest BCUT2D eigenvalue weighted by atomic mass is 9.91. The van der Waals surface area contributed by atoms with E-state index in [1.165, 1.54) is 42.5 Å². The van der Waals surface area contributed by atoms with E-state index in [1.54, 1.807) is 0 Å². The van der Waals surface area contributed by atoms with Crippen LogP contribution in [0.25, 0.3) is 10.8 Å². The summed E-state index contributed by atoms with van der Waals surface area (Å²) in [6.45, 7) is 5.51. The van der Waals surface area contributed by atoms with Crippen LogP contribution in [-0.2, 0) is 14.3 Å². The van der Waals surface area contributed by atoms with Crippen molar-refractivity contribution < 1.29 is 14.3 Å². The van der Waals surface area contributed by atoms with Crippen LogP contribution in [0, 0.1) is 0 Å². The average molecular weight is 382 g/mol. The molecule has 0 spiro atoms. The second kappa shape index (κ2) is 8.62. The van der Waals surface area contributed by atoms with Crippen LogP contribution >= 0.6 is 0 Å². The van der Waals surface area contributed by atoms with E-state index in [1.807, 2.05) is 0 Å². The van der Waals surface area contributed by atoms with Gasteiger partial charge in [0.25, 0.3) is 0 Å². The van der Waals surface area contributed by atoms with Crippen LogP contribution in [-0.4, -0.2) is 42.2 Å². The molecule has 1 aliphatic heterocycles. The molecule has 4 nitrogen and oxygen atoms in total. The Morgan fingerprint density at radius 2 is 1.86 bits per heavy atom. The molecule has 1 saturated carbocycles. The SMILES string of the molecule is CC(=O)OC1CCN(C2CCCCC2OC(C)c2cccc3ccccc23)C1. The number of ether oxygens (including phenoxy) is 2. The van der Waals surface area contributed by atoms with Gasteiger partial charge >= 0.3 is 5.97 Å². The summed E-state index contributed by atoms with van der Waals surface area (Å²) in [7, 11) is 0. The second-order valence-electron chi connectivity index (χ2n) is 8.25. The van der Waals surface area contributed by atoms with E-state index in [4.69, 9.17) is 9.47 Å². The highest BCUT2D eigenvalue weighted by Gasteiger charge is 2.37. The Balaban J connectivity index is 1.47. The molecule has 1 heterocycles. The minimum Gasteiger partial charge on any atom is -0.461 e. The highest BCUT2D eigenvalue weighted by atomic mass is 16.5. The third kappa shape index (κ3) is 4.23. The lowest BCUT2D eigenvalue weighted by Crippen LogP contribution is -2.46. The molecule has 0 N–H and O–H groups in total. The Labute approximate surface area is 167 Å². The number of esters is 1. The number of carbonyl (C=O) groups excluding carboxylic acids is 1. The number of hydrogen-bond acceptors (Lipinski definition) is 4. The Hall–Kier alpha value is -1.91. The van der Waals surface area contributed by atoms with Crippen molar-refractivity contribution in [3.8, 4) is 0 Å². The van der Waals surface area contributed by atoms with Crippen LogP contribution in [0.1, 0.15) is 57.6 Å². The Kier molecular flexibility index (Phi) is 5.98. The second-order valence-corrected chi connectivity index (χ2v) is 8.25. The molecule has 1 aliphatic carbocycles. The first-order chi connectivity index (χ1) is 13.6. The zero-order chi connectivity index (χ0) is 19.5. The number of fused-ring (bicyclic) bond motifs is 1. The lowest BCUT2D eigenvalue weighted by molar-refractivity contribution is -0.146. The van der Waals surface area contributed by atoms with Crippen molar-refractivity contribution in [2.24, 2.45) is 0 Å². The molecule has 2 aromatic rings. The minimum atomic E-state index is -0.173. The number of likely N-dealkylation sites (tertiary alicyclic amines) is 1. The Morgan fingerprint density at radius 3 is 2.71 bits per heavy atom. The van der Waals surface area contributed by atoms with Gasteiger partial charge in [-0.1, -0.05) is 55.3 Å². The standard InChI is InChI=1S/C24H31NO3/c1-17(21-11-7-9-19-8-3-4-10-22(19)21)27-24-13-6-5-12-23(24)25-15-14-20(16-25)28-18(2)26/h3-4,7-11,17,20,23-24H,5-6,12-16H2,1-2H3. The summed E-state index contributed by atoms with van der Waals surface area (Å²) >= 11 is 0. The van der Waals surface area contributed by atoms with E-state index in [2.05, 4.69) is 54.3 Å². The van der Waals surface area contributed by atoms with E-state index in [0.717, 1.165) is 25.9 Å². The molecule has 28 heavy (non-hydrogen) atoms. The largest absolute Gasteiger partial charge is 0.461 e. The summed E-state index contributed by atoms with van der Waals surface area (Å²) < 4.78 is 12.1. The molecule has 1 saturated heterocycles. The maximum atomic E-state index is 11.3. The van der Waals surface area contributed by atoms with Gasteiger partial charge in [0.05, 0.1) is 12.2 Å². The lowest BCUT2D eigenvalue weighted by Gasteiger charge is -2.39. The summed E-state index contributed by atoms with van der Waals surface area (Å²) in [5.74, 6) is -0.173.